The van der Waals surface area contributed by atoms with Crippen LogP contribution >= 0.6 is 11.3 Å². The second-order valence-electron chi connectivity index (χ2n) is 7.34. The van der Waals surface area contributed by atoms with Crippen LogP contribution in [-0.2, 0) is 16.9 Å². The van der Waals surface area contributed by atoms with E-state index >= 15 is 0 Å². The first-order valence-electron chi connectivity index (χ1n) is 9.48. The first-order chi connectivity index (χ1) is 15.0. The molecule has 0 spiro atoms. The van der Waals surface area contributed by atoms with Gasteiger partial charge in [0.05, 0.1) is 31.8 Å². The lowest BCUT2D eigenvalue weighted by atomic mass is 10.0. The molecule has 0 radical (unpaired) electrons. The summed E-state index contributed by atoms with van der Waals surface area (Å²) in [5.41, 5.74) is 6.93. The summed E-state index contributed by atoms with van der Waals surface area (Å²) in [5.74, 6) is 0. The van der Waals surface area contributed by atoms with Crippen LogP contribution in [0.5, 0.6) is 0 Å². The van der Waals surface area contributed by atoms with E-state index in [1.807, 2.05) is 35.8 Å². The monoisotopic (exact) mass is 445 g/mol. The first kappa shape index (κ1) is 18.2. The predicted octanol–water partition coefficient (Wildman–Crippen LogP) is 4.50. The zero-order valence-corrected chi connectivity index (χ0v) is 17.9. The molecule has 31 heavy (non-hydrogen) atoms. The number of thiazole rings is 1. The maximum atomic E-state index is 12.9. The standard InChI is InChI=1S/C22H15N5O2S2/c1-27-7-5-18(26-27)16-11-31(28,29)22-10-15-17(4-6-23-19(15)9-14(16)22)25-13-2-3-21-20(8-13)24-12-30-21/h2-12H,1H3,(H,23,25). The van der Waals surface area contributed by atoms with Gasteiger partial charge in [-0.15, -0.1) is 11.3 Å². The number of hydrogen-bond donors (Lipinski definition) is 1. The van der Waals surface area contributed by atoms with Crippen molar-refractivity contribution >= 4 is 59.2 Å². The van der Waals surface area contributed by atoms with Crippen LogP contribution in [0.15, 0.2) is 70.7 Å². The van der Waals surface area contributed by atoms with E-state index in [1.54, 1.807) is 47.6 Å². The van der Waals surface area contributed by atoms with E-state index in [0.29, 0.717) is 22.3 Å². The second-order valence-corrected chi connectivity index (χ2v) is 9.99. The Bertz CT molecular complexity index is 1650. The second kappa shape index (κ2) is 6.47. The molecule has 1 aliphatic rings. The normalized spacial score (nSPS) is 14.7. The molecule has 0 fully saturated rings. The van der Waals surface area contributed by atoms with Crippen LogP contribution in [0.25, 0.3) is 26.7 Å². The van der Waals surface area contributed by atoms with Crippen molar-refractivity contribution in [3.8, 4) is 0 Å². The molecule has 5 aromatic rings. The molecule has 0 unspecified atom stereocenters. The molecule has 152 valence electrons. The highest BCUT2D eigenvalue weighted by molar-refractivity contribution is 7.95. The van der Waals surface area contributed by atoms with Gasteiger partial charge in [-0.2, -0.15) is 5.10 Å². The lowest BCUT2D eigenvalue weighted by Gasteiger charge is -2.11. The Morgan fingerprint density at radius 1 is 1.03 bits per heavy atom. The topological polar surface area (TPSA) is 89.8 Å². The molecule has 6 rings (SSSR count). The zero-order chi connectivity index (χ0) is 21.2. The molecule has 9 heteroatoms. The number of nitrogens with zero attached hydrogens (tertiary/aromatic N) is 4. The minimum atomic E-state index is -3.57. The molecular formula is C22H15N5O2S2. The third-order valence-corrected chi connectivity index (χ3v) is 7.62. The van der Waals surface area contributed by atoms with E-state index in [2.05, 4.69) is 20.4 Å². The highest BCUT2D eigenvalue weighted by Gasteiger charge is 2.30. The Kier molecular flexibility index (Phi) is 3.80. The zero-order valence-electron chi connectivity index (χ0n) is 16.3. The lowest BCUT2D eigenvalue weighted by Crippen LogP contribution is -1.97. The van der Waals surface area contributed by atoms with Gasteiger partial charge in [-0.25, -0.2) is 13.4 Å². The number of hydrogen-bond acceptors (Lipinski definition) is 7. The van der Waals surface area contributed by atoms with Gasteiger partial charge in [0, 0.05) is 52.7 Å². The molecule has 0 saturated carbocycles. The summed E-state index contributed by atoms with van der Waals surface area (Å²) in [6.45, 7) is 0. The van der Waals surface area contributed by atoms with Crippen LogP contribution < -0.4 is 5.32 Å². The van der Waals surface area contributed by atoms with Gasteiger partial charge in [0.15, 0.2) is 0 Å². The number of nitrogens with one attached hydrogen (secondary N) is 1. The number of rotatable bonds is 3. The third-order valence-electron chi connectivity index (χ3n) is 5.31. The van der Waals surface area contributed by atoms with Gasteiger partial charge in [-0.1, -0.05) is 0 Å². The molecule has 0 amide bonds. The summed E-state index contributed by atoms with van der Waals surface area (Å²) in [6.07, 6.45) is 3.51. The largest absolute Gasteiger partial charge is 0.355 e. The van der Waals surface area contributed by atoms with Gasteiger partial charge in [0.25, 0.3) is 0 Å². The average molecular weight is 446 g/mol. The molecule has 0 bridgehead atoms. The predicted molar refractivity (Wildman–Crippen MR) is 122 cm³/mol. The van der Waals surface area contributed by atoms with E-state index < -0.39 is 9.84 Å². The fraction of sp³-hybridized carbons (Fsp3) is 0.0455. The van der Waals surface area contributed by atoms with E-state index in [9.17, 15) is 8.42 Å². The van der Waals surface area contributed by atoms with E-state index in [1.165, 1.54) is 5.41 Å². The molecule has 7 nitrogen and oxygen atoms in total. The number of fused-ring (bicyclic) bond motifs is 3. The van der Waals surface area contributed by atoms with Crippen LogP contribution in [0.1, 0.15) is 11.3 Å². The Balaban J connectivity index is 1.49. The van der Waals surface area contributed by atoms with Gasteiger partial charge in [0.2, 0.25) is 9.84 Å². The number of pyridine rings is 1. The Morgan fingerprint density at radius 2 is 1.94 bits per heavy atom. The number of sulfone groups is 1. The maximum absolute atomic E-state index is 12.9. The molecule has 3 aromatic heterocycles. The fourth-order valence-corrected chi connectivity index (χ4v) is 5.96. The molecular weight excluding hydrogens is 430 g/mol. The van der Waals surface area contributed by atoms with Crippen LogP contribution in [0, 0.1) is 0 Å². The van der Waals surface area contributed by atoms with Crippen molar-refractivity contribution in [3.05, 3.63) is 77.0 Å². The summed E-state index contributed by atoms with van der Waals surface area (Å²) >= 11 is 1.59. The highest BCUT2D eigenvalue weighted by Crippen LogP contribution is 2.40. The lowest BCUT2D eigenvalue weighted by molar-refractivity contribution is 0.605. The van der Waals surface area contributed by atoms with Gasteiger partial charge < -0.3 is 5.32 Å². The van der Waals surface area contributed by atoms with Crippen LogP contribution in [0.2, 0.25) is 0 Å². The highest BCUT2D eigenvalue weighted by atomic mass is 32.2. The van der Waals surface area contributed by atoms with Crippen LogP contribution in [-0.4, -0.2) is 28.2 Å². The Morgan fingerprint density at radius 3 is 2.77 bits per heavy atom. The minimum absolute atomic E-state index is 0.270. The van der Waals surface area contributed by atoms with Gasteiger partial charge in [-0.3, -0.25) is 9.67 Å². The van der Waals surface area contributed by atoms with Crippen molar-refractivity contribution in [2.24, 2.45) is 7.05 Å². The molecule has 1 N–H and O–H groups in total. The summed E-state index contributed by atoms with van der Waals surface area (Å²) in [5, 5.41) is 9.80. The van der Waals surface area contributed by atoms with E-state index in [-0.39, 0.29) is 4.90 Å². The van der Waals surface area contributed by atoms with Crippen LogP contribution in [0.3, 0.4) is 0 Å². The molecule has 0 aliphatic carbocycles. The average Bonchev–Trinajstić information content (AvgIpc) is 3.45. The summed E-state index contributed by atoms with van der Waals surface area (Å²) in [6, 6.07) is 13.1. The van der Waals surface area contributed by atoms with E-state index in [0.717, 1.165) is 27.0 Å². The SMILES string of the molecule is Cn1ccc(C2=CS(=O)(=O)c3cc4c(Nc5ccc6scnc6c5)ccnc4cc32)n1. The quantitative estimate of drug-likeness (QED) is 0.440. The number of aryl methyl sites for hydroxylation is 1. The maximum Gasteiger partial charge on any atom is 0.201 e. The molecule has 0 atom stereocenters. The minimum Gasteiger partial charge on any atom is -0.355 e. The van der Waals surface area contributed by atoms with Crippen LogP contribution in [0.4, 0.5) is 11.4 Å². The Hall–Kier alpha value is -3.56. The van der Waals surface area contributed by atoms with Gasteiger partial charge >= 0.3 is 0 Å². The molecule has 0 saturated heterocycles. The van der Waals surface area contributed by atoms with Crippen molar-refractivity contribution in [1.29, 1.82) is 0 Å². The van der Waals surface area contributed by atoms with Gasteiger partial charge in [0.1, 0.15) is 0 Å². The van der Waals surface area contributed by atoms with Crippen molar-refractivity contribution in [3.63, 3.8) is 0 Å². The van der Waals surface area contributed by atoms with Crippen molar-refractivity contribution in [2.45, 2.75) is 4.90 Å². The Labute approximate surface area is 181 Å². The molecule has 1 aliphatic heterocycles. The molecule has 2 aromatic carbocycles. The summed E-state index contributed by atoms with van der Waals surface area (Å²) < 4.78 is 28.6. The van der Waals surface area contributed by atoms with Crippen molar-refractivity contribution in [2.75, 3.05) is 5.32 Å². The van der Waals surface area contributed by atoms with Crippen molar-refractivity contribution in [1.82, 2.24) is 19.7 Å². The fourth-order valence-electron chi connectivity index (χ4n) is 3.86. The third kappa shape index (κ3) is 2.93. The van der Waals surface area contributed by atoms with E-state index in [4.69, 9.17) is 0 Å². The summed E-state index contributed by atoms with van der Waals surface area (Å²) in [4.78, 5) is 9.12. The number of aromatic nitrogens is 4. The van der Waals surface area contributed by atoms with Gasteiger partial charge in [-0.05, 0) is 42.5 Å². The number of benzene rings is 2. The smallest absolute Gasteiger partial charge is 0.201 e. The van der Waals surface area contributed by atoms with Crippen molar-refractivity contribution < 1.29 is 8.42 Å². The number of anilines is 2. The molecule has 4 heterocycles. The summed E-state index contributed by atoms with van der Waals surface area (Å²) in [7, 11) is -1.77. The first-order valence-corrected chi connectivity index (χ1v) is 11.9.